The Bertz CT molecular complexity index is 1670. The Hall–Kier alpha value is -1.62. The molecule has 3 saturated heterocycles. The first-order chi connectivity index (χ1) is 40.9. The average Bonchev–Trinajstić information content (AvgIpc) is 2.07. The van der Waals surface area contributed by atoms with Crippen molar-refractivity contribution in [2.45, 2.75) is 368 Å². The van der Waals surface area contributed by atoms with Gasteiger partial charge in [0.2, 0.25) is 0 Å². The van der Waals surface area contributed by atoms with Crippen LogP contribution in [0.4, 0.5) is 0 Å². The number of ether oxygens (including phenoxy) is 6. The maximum absolute atomic E-state index is 13.7. The van der Waals surface area contributed by atoms with Crippen molar-refractivity contribution < 1.29 is 104 Å². The predicted octanol–water partition coefficient (Wildman–Crippen LogP) is 4.67. The van der Waals surface area contributed by atoms with Crippen molar-refractivity contribution in [2.24, 2.45) is 0 Å². The highest BCUT2D eigenvalue weighted by atomic mass is 16.8. The highest BCUT2D eigenvalue weighted by Crippen LogP contribution is 2.34. The number of aliphatic hydroxyl groups excluding tert-OH is 13. The first kappa shape index (κ1) is 77.6. The van der Waals surface area contributed by atoms with E-state index in [0.29, 0.717) is 12.8 Å². The number of Topliss-reactive ketones (excluding diaryl/α,β-unsaturated/α-hetero) is 1. The van der Waals surface area contributed by atoms with Crippen LogP contribution in [0.3, 0.4) is 0 Å². The monoisotopic (exact) mass is 1230 g/mol. The van der Waals surface area contributed by atoms with E-state index in [9.17, 15) is 76.0 Å². The number of ketones is 1. The molecule has 0 spiro atoms. The van der Waals surface area contributed by atoms with Crippen LogP contribution >= 0.6 is 0 Å². The Balaban J connectivity index is 1.62. The quantitative estimate of drug-likeness (QED) is 0.0291. The molecule has 0 aromatic rings. The lowest BCUT2D eigenvalue weighted by molar-refractivity contribution is -0.386. The summed E-state index contributed by atoms with van der Waals surface area (Å²) in [6.45, 7) is 3.23. The summed E-state index contributed by atoms with van der Waals surface area (Å²) in [5.41, 5.74) is 0. The fourth-order valence-electron chi connectivity index (χ4n) is 11.7. The van der Waals surface area contributed by atoms with Crippen molar-refractivity contribution in [2.75, 3.05) is 19.8 Å². The summed E-state index contributed by atoms with van der Waals surface area (Å²) in [5, 5.41) is 143. The highest BCUT2D eigenvalue weighted by molar-refractivity contribution is 6.05. The van der Waals surface area contributed by atoms with Gasteiger partial charge in [0, 0.05) is 0 Å². The molecule has 3 aliphatic heterocycles. The Morgan fingerprint density at radius 1 is 0.435 bits per heavy atom. The SMILES string of the molecule is CCCCCCCCCCCCCCCCCCCCCCC(O)C(=O)C(O)C(=O)NC(COC1OC(CO)C(OC2OC(CO)C(O)C(O)C2O)C(OC2OC(C)C(O)C(O)C2O)C1O)C(O)C(O)CCCCCCCCCCCCCCC. The fraction of sp³-hybridized carbons (Fsp3) is 0.968. The summed E-state index contributed by atoms with van der Waals surface area (Å²) < 4.78 is 34.9. The summed E-state index contributed by atoms with van der Waals surface area (Å²) in [4.78, 5) is 26.9. The Morgan fingerprint density at radius 2 is 0.812 bits per heavy atom. The second-order valence-electron chi connectivity index (χ2n) is 24.7. The largest absolute Gasteiger partial charge is 0.394 e. The molecule has 20 atom stereocenters. The van der Waals surface area contributed by atoms with Crippen LogP contribution in [-0.4, -0.2) is 220 Å². The number of aliphatic hydroxyl groups is 13. The number of unbranched alkanes of at least 4 members (excludes halogenated alkanes) is 31. The molecule has 3 rings (SSSR count). The van der Waals surface area contributed by atoms with Crippen LogP contribution in [0.1, 0.15) is 245 Å². The van der Waals surface area contributed by atoms with Gasteiger partial charge in [-0.1, -0.05) is 226 Å². The highest BCUT2D eigenvalue weighted by Gasteiger charge is 2.54. The van der Waals surface area contributed by atoms with E-state index >= 15 is 0 Å². The Kier molecular flexibility index (Phi) is 41.6. The molecule has 3 heterocycles. The van der Waals surface area contributed by atoms with Gasteiger partial charge in [-0.3, -0.25) is 9.59 Å². The molecule has 22 heteroatoms. The lowest BCUT2D eigenvalue weighted by Crippen LogP contribution is -2.67. The van der Waals surface area contributed by atoms with E-state index in [-0.39, 0.29) is 12.8 Å². The van der Waals surface area contributed by atoms with Crippen molar-refractivity contribution >= 4 is 11.7 Å². The molecule has 0 aliphatic carbocycles. The normalized spacial score (nSPS) is 30.0. The van der Waals surface area contributed by atoms with E-state index in [0.717, 1.165) is 64.2 Å². The van der Waals surface area contributed by atoms with Gasteiger partial charge in [-0.05, 0) is 19.8 Å². The minimum Gasteiger partial charge on any atom is -0.394 e. The molecule has 14 N–H and O–H groups in total. The van der Waals surface area contributed by atoms with E-state index in [1.165, 1.54) is 142 Å². The van der Waals surface area contributed by atoms with Crippen molar-refractivity contribution in [3.8, 4) is 0 Å². The maximum Gasteiger partial charge on any atom is 0.257 e. The molecule has 0 aromatic heterocycles. The van der Waals surface area contributed by atoms with Gasteiger partial charge in [-0.2, -0.15) is 0 Å². The van der Waals surface area contributed by atoms with Crippen LogP contribution in [0.25, 0.3) is 0 Å². The number of carbonyl (C=O) groups excluding carboxylic acids is 2. The second-order valence-corrected chi connectivity index (χ2v) is 24.7. The van der Waals surface area contributed by atoms with E-state index in [1.807, 2.05) is 0 Å². The molecule has 85 heavy (non-hydrogen) atoms. The van der Waals surface area contributed by atoms with Gasteiger partial charge in [-0.25, -0.2) is 0 Å². The standard InChI is InChI=1S/C63H119NO21/c1-4-6-8-10-12-14-16-18-19-20-21-22-23-24-26-28-30-32-34-36-38-45(68)50(71)54(75)60(79)64-43(49(70)44(67)37-35-33-31-29-27-25-17-15-13-11-9-7-5-2)41-80-61-57(78)59(85-62-55(76)52(73)48(69)42(3)81-62)58(47(40-66)83-61)84-63-56(77)53(74)51(72)46(39-65)82-63/h42-49,51-59,61-63,65-70,72-78H,4-41H2,1-3H3,(H,64,79). The third-order valence-corrected chi connectivity index (χ3v) is 17.4. The molecular weight excluding hydrogens is 1110 g/mol. The average molecular weight is 1230 g/mol. The molecular formula is C63H119NO21. The van der Waals surface area contributed by atoms with E-state index in [4.69, 9.17) is 28.4 Å². The lowest BCUT2D eigenvalue weighted by Gasteiger charge is -2.49. The third-order valence-electron chi connectivity index (χ3n) is 17.4. The molecule has 20 unspecified atom stereocenters. The van der Waals surface area contributed by atoms with Gasteiger partial charge in [0.05, 0.1) is 38.1 Å². The van der Waals surface area contributed by atoms with Crippen LogP contribution in [0, 0.1) is 0 Å². The van der Waals surface area contributed by atoms with E-state index in [1.54, 1.807) is 0 Å². The van der Waals surface area contributed by atoms with Crippen molar-refractivity contribution in [1.82, 2.24) is 5.32 Å². The van der Waals surface area contributed by atoms with E-state index < -0.39 is 154 Å². The summed E-state index contributed by atoms with van der Waals surface area (Å²) in [5.74, 6) is -2.49. The molecule has 3 fully saturated rings. The van der Waals surface area contributed by atoms with Crippen molar-refractivity contribution in [3.63, 3.8) is 0 Å². The second kappa shape index (κ2) is 45.6. The van der Waals surface area contributed by atoms with Gasteiger partial charge in [0.15, 0.2) is 30.8 Å². The Morgan fingerprint density at radius 3 is 1.25 bits per heavy atom. The summed E-state index contributed by atoms with van der Waals surface area (Å²) in [6.07, 6.45) is 4.20. The summed E-state index contributed by atoms with van der Waals surface area (Å²) >= 11 is 0. The minimum absolute atomic E-state index is 0.00375. The molecule has 1 amide bonds. The lowest BCUT2D eigenvalue weighted by atomic mass is 9.96. The molecule has 502 valence electrons. The van der Waals surface area contributed by atoms with Crippen molar-refractivity contribution in [3.05, 3.63) is 0 Å². The van der Waals surface area contributed by atoms with E-state index in [2.05, 4.69) is 19.2 Å². The molecule has 0 bridgehead atoms. The van der Waals surface area contributed by atoms with Crippen LogP contribution < -0.4 is 5.32 Å². The number of rotatable bonds is 50. The summed E-state index contributed by atoms with van der Waals surface area (Å²) in [7, 11) is 0. The van der Waals surface area contributed by atoms with Gasteiger partial charge >= 0.3 is 0 Å². The number of hydrogen-bond acceptors (Lipinski definition) is 21. The number of hydrogen-bond donors (Lipinski definition) is 14. The Labute approximate surface area is 507 Å². The number of amides is 1. The molecule has 22 nitrogen and oxygen atoms in total. The van der Waals surface area contributed by atoms with Crippen LogP contribution in [0.5, 0.6) is 0 Å². The van der Waals surface area contributed by atoms with Crippen LogP contribution in [0.2, 0.25) is 0 Å². The van der Waals surface area contributed by atoms with Gasteiger partial charge < -0.3 is 100 Å². The maximum atomic E-state index is 13.7. The number of nitrogens with one attached hydrogen (secondary N) is 1. The first-order valence-electron chi connectivity index (χ1n) is 33.4. The fourth-order valence-corrected chi connectivity index (χ4v) is 11.7. The smallest absolute Gasteiger partial charge is 0.257 e. The zero-order chi connectivity index (χ0) is 62.5. The topological polar surface area (TPSA) is 365 Å². The van der Waals surface area contributed by atoms with Gasteiger partial charge in [0.25, 0.3) is 5.91 Å². The van der Waals surface area contributed by atoms with Gasteiger partial charge in [0.1, 0.15) is 79.4 Å². The molecule has 3 aliphatic rings. The zero-order valence-electron chi connectivity index (χ0n) is 52.0. The number of carbonyl (C=O) groups is 2. The van der Waals surface area contributed by atoms with Crippen molar-refractivity contribution in [1.29, 1.82) is 0 Å². The first-order valence-corrected chi connectivity index (χ1v) is 33.4. The molecule has 0 saturated carbocycles. The van der Waals surface area contributed by atoms with Crippen LogP contribution in [0.15, 0.2) is 0 Å². The predicted molar refractivity (Wildman–Crippen MR) is 317 cm³/mol. The molecule has 0 radical (unpaired) electrons. The summed E-state index contributed by atoms with van der Waals surface area (Å²) in [6, 6.07) is -1.62. The third kappa shape index (κ3) is 28.6. The molecule has 0 aromatic carbocycles. The van der Waals surface area contributed by atoms with Gasteiger partial charge in [-0.15, -0.1) is 0 Å². The zero-order valence-corrected chi connectivity index (χ0v) is 52.0. The van der Waals surface area contributed by atoms with Crippen LogP contribution in [-0.2, 0) is 38.0 Å². The minimum atomic E-state index is -2.39.